The van der Waals surface area contributed by atoms with Crippen molar-refractivity contribution in [1.29, 1.82) is 0 Å². The standard InChI is InChI=1S/C10H13BO4/c1-7-5-8(6-10(12)15-2)3-4-9(7)11(13)14/h3-5,13-14H,6H2,1-2H3. The van der Waals surface area contributed by atoms with Crippen molar-refractivity contribution in [2.45, 2.75) is 13.3 Å². The summed E-state index contributed by atoms with van der Waals surface area (Å²) in [7, 11) is -0.140. The molecule has 0 aliphatic carbocycles. The molecule has 0 aromatic heterocycles. The van der Waals surface area contributed by atoms with E-state index in [0.29, 0.717) is 5.46 Å². The van der Waals surface area contributed by atoms with Crippen LogP contribution < -0.4 is 5.46 Å². The molecule has 0 fully saturated rings. The van der Waals surface area contributed by atoms with Gasteiger partial charge < -0.3 is 14.8 Å². The summed E-state index contributed by atoms with van der Waals surface area (Å²) in [6.07, 6.45) is 0.194. The Labute approximate surface area is 88.6 Å². The van der Waals surface area contributed by atoms with E-state index < -0.39 is 7.12 Å². The van der Waals surface area contributed by atoms with Crippen LogP contribution >= 0.6 is 0 Å². The van der Waals surface area contributed by atoms with E-state index >= 15 is 0 Å². The fourth-order valence-corrected chi connectivity index (χ4v) is 1.38. The predicted molar refractivity (Wildman–Crippen MR) is 56.7 cm³/mol. The molecule has 0 bridgehead atoms. The summed E-state index contributed by atoms with van der Waals surface area (Å²) < 4.78 is 4.53. The summed E-state index contributed by atoms with van der Waals surface area (Å²) in [6, 6.07) is 5.02. The molecule has 80 valence electrons. The van der Waals surface area contributed by atoms with Crippen LogP contribution in [0.4, 0.5) is 0 Å². The van der Waals surface area contributed by atoms with Crippen molar-refractivity contribution in [2.75, 3.05) is 7.11 Å². The van der Waals surface area contributed by atoms with Gasteiger partial charge in [0.15, 0.2) is 0 Å². The number of carbonyl (C=O) groups is 1. The van der Waals surface area contributed by atoms with Crippen molar-refractivity contribution in [3.05, 3.63) is 29.3 Å². The lowest BCUT2D eigenvalue weighted by atomic mass is 9.77. The fourth-order valence-electron chi connectivity index (χ4n) is 1.38. The maximum absolute atomic E-state index is 11.0. The summed E-state index contributed by atoms with van der Waals surface area (Å²) in [5.41, 5.74) is 1.98. The highest BCUT2D eigenvalue weighted by atomic mass is 16.5. The van der Waals surface area contributed by atoms with Gasteiger partial charge in [-0.1, -0.05) is 23.8 Å². The summed E-state index contributed by atoms with van der Waals surface area (Å²) in [5.74, 6) is -0.313. The largest absolute Gasteiger partial charge is 0.488 e. The molecular weight excluding hydrogens is 195 g/mol. The zero-order chi connectivity index (χ0) is 11.4. The minimum atomic E-state index is -1.47. The molecule has 15 heavy (non-hydrogen) atoms. The number of rotatable bonds is 3. The van der Waals surface area contributed by atoms with E-state index in [-0.39, 0.29) is 12.4 Å². The Morgan fingerprint density at radius 1 is 1.47 bits per heavy atom. The molecule has 0 amide bonds. The number of hydrogen-bond donors (Lipinski definition) is 2. The lowest BCUT2D eigenvalue weighted by molar-refractivity contribution is -0.139. The summed E-state index contributed by atoms with van der Waals surface area (Å²) >= 11 is 0. The second-order valence-electron chi connectivity index (χ2n) is 3.32. The Morgan fingerprint density at radius 2 is 2.13 bits per heavy atom. The quantitative estimate of drug-likeness (QED) is 0.513. The average molecular weight is 208 g/mol. The van der Waals surface area contributed by atoms with Crippen LogP contribution in [-0.4, -0.2) is 30.2 Å². The van der Waals surface area contributed by atoms with Crippen LogP contribution in [-0.2, 0) is 16.0 Å². The molecule has 1 aromatic rings. The van der Waals surface area contributed by atoms with Gasteiger partial charge in [0.2, 0.25) is 0 Å². The van der Waals surface area contributed by atoms with Gasteiger partial charge in [-0.3, -0.25) is 4.79 Å². The summed E-state index contributed by atoms with van der Waals surface area (Å²) in [4.78, 5) is 11.0. The Morgan fingerprint density at radius 3 is 2.60 bits per heavy atom. The number of ether oxygens (including phenoxy) is 1. The predicted octanol–water partition coefficient (Wildman–Crippen LogP) is -0.610. The van der Waals surface area contributed by atoms with Crippen LogP contribution in [0.1, 0.15) is 11.1 Å². The Bertz CT molecular complexity index is 362. The van der Waals surface area contributed by atoms with E-state index in [0.717, 1.165) is 11.1 Å². The smallest absolute Gasteiger partial charge is 0.469 e. The van der Waals surface area contributed by atoms with Gasteiger partial charge in [-0.15, -0.1) is 0 Å². The zero-order valence-electron chi connectivity index (χ0n) is 8.73. The molecule has 5 heteroatoms. The molecule has 0 saturated heterocycles. The van der Waals surface area contributed by atoms with Crippen molar-refractivity contribution in [3.8, 4) is 0 Å². The van der Waals surface area contributed by atoms with Crippen LogP contribution in [0.15, 0.2) is 18.2 Å². The summed E-state index contributed by atoms with van der Waals surface area (Å²) in [5, 5.41) is 18.0. The SMILES string of the molecule is COC(=O)Cc1ccc(B(O)O)c(C)c1. The molecule has 1 rings (SSSR count). The summed E-state index contributed by atoms with van der Waals surface area (Å²) in [6.45, 7) is 1.76. The molecule has 2 N–H and O–H groups in total. The van der Waals surface area contributed by atoms with E-state index in [1.807, 2.05) is 0 Å². The van der Waals surface area contributed by atoms with E-state index in [1.54, 1.807) is 25.1 Å². The van der Waals surface area contributed by atoms with Crippen LogP contribution in [0.5, 0.6) is 0 Å². The van der Waals surface area contributed by atoms with Gasteiger partial charge in [0.25, 0.3) is 0 Å². The van der Waals surface area contributed by atoms with Crippen LogP contribution in [0, 0.1) is 6.92 Å². The number of aryl methyl sites for hydroxylation is 1. The third kappa shape index (κ3) is 3.07. The fraction of sp³-hybridized carbons (Fsp3) is 0.300. The molecule has 0 spiro atoms. The number of benzene rings is 1. The second kappa shape index (κ2) is 4.95. The van der Waals surface area contributed by atoms with Crippen molar-refractivity contribution >= 4 is 18.6 Å². The van der Waals surface area contributed by atoms with E-state index in [9.17, 15) is 4.79 Å². The number of hydrogen-bond acceptors (Lipinski definition) is 4. The Balaban J connectivity index is 2.87. The molecule has 0 unspecified atom stereocenters. The van der Waals surface area contributed by atoms with Gasteiger partial charge in [0.05, 0.1) is 13.5 Å². The minimum Gasteiger partial charge on any atom is -0.469 e. The zero-order valence-corrected chi connectivity index (χ0v) is 8.73. The number of esters is 1. The van der Waals surface area contributed by atoms with Crippen LogP contribution in [0.25, 0.3) is 0 Å². The molecule has 0 aliphatic heterocycles. The van der Waals surface area contributed by atoms with Gasteiger partial charge in [0.1, 0.15) is 0 Å². The highest BCUT2D eigenvalue weighted by molar-refractivity contribution is 6.59. The van der Waals surface area contributed by atoms with E-state index in [2.05, 4.69) is 4.74 Å². The molecule has 0 heterocycles. The van der Waals surface area contributed by atoms with Crippen molar-refractivity contribution < 1.29 is 19.6 Å². The molecule has 1 aromatic carbocycles. The molecular formula is C10H13BO4. The first-order valence-electron chi connectivity index (χ1n) is 4.57. The van der Waals surface area contributed by atoms with Gasteiger partial charge >= 0.3 is 13.1 Å². The molecule has 0 saturated carbocycles. The van der Waals surface area contributed by atoms with Gasteiger partial charge in [-0.05, 0) is 17.9 Å². The number of methoxy groups -OCH3 is 1. The monoisotopic (exact) mass is 208 g/mol. The Hall–Kier alpha value is -1.33. The first-order chi connectivity index (χ1) is 7.04. The topological polar surface area (TPSA) is 66.8 Å². The average Bonchev–Trinajstić information content (AvgIpc) is 2.17. The highest BCUT2D eigenvalue weighted by Crippen LogP contribution is 2.04. The highest BCUT2D eigenvalue weighted by Gasteiger charge is 2.14. The van der Waals surface area contributed by atoms with Gasteiger partial charge in [0, 0.05) is 0 Å². The third-order valence-electron chi connectivity index (χ3n) is 2.19. The first kappa shape index (κ1) is 11.7. The first-order valence-corrected chi connectivity index (χ1v) is 4.57. The van der Waals surface area contributed by atoms with E-state index in [4.69, 9.17) is 10.0 Å². The minimum absolute atomic E-state index is 0.194. The van der Waals surface area contributed by atoms with Crippen molar-refractivity contribution in [3.63, 3.8) is 0 Å². The third-order valence-corrected chi connectivity index (χ3v) is 2.19. The van der Waals surface area contributed by atoms with Gasteiger partial charge in [-0.2, -0.15) is 0 Å². The van der Waals surface area contributed by atoms with Crippen LogP contribution in [0.3, 0.4) is 0 Å². The molecule has 0 atom stereocenters. The maximum Gasteiger partial charge on any atom is 0.488 e. The van der Waals surface area contributed by atoms with Gasteiger partial charge in [-0.25, -0.2) is 0 Å². The maximum atomic E-state index is 11.0. The van der Waals surface area contributed by atoms with Crippen molar-refractivity contribution in [1.82, 2.24) is 0 Å². The Kier molecular flexibility index (Phi) is 3.88. The number of carbonyl (C=O) groups excluding carboxylic acids is 1. The molecule has 0 aliphatic rings. The normalized spacial score (nSPS) is 9.87. The second-order valence-corrected chi connectivity index (χ2v) is 3.32. The molecule has 0 radical (unpaired) electrons. The lowest BCUT2D eigenvalue weighted by Crippen LogP contribution is -2.32. The molecule has 4 nitrogen and oxygen atoms in total. The lowest BCUT2D eigenvalue weighted by Gasteiger charge is -2.06. The van der Waals surface area contributed by atoms with Crippen LogP contribution in [0.2, 0.25) is 0 Å². The van der Waals surface area contributed by atoms with Crippen molar-refractivity contribution in [2.24, 2.45) is 0 Å². The van der Waals surface area contributed by atoms with E-state index in [1.165, 1.54) is 7.11 Å².